The summed E-state index contributed by atoms with van der Waals surface area (Å²) in [5.74, 6) is 0.0322. The zero-order chi connectivity index (χ0) is 15.5. The summed E-state index contributed by atoms with van der Waals surface area (Å²) in [4.78, 5) is 14.8. The average Bonchev–Trinajstić information content (AvgIpc) is 3.16. The number of methoxy groups -OCH3 is 1. The second kappa shape index (κ2) is 6.32. The van der Waals surface area contributed by atoms with Crippen LogP contribution in [0.2, 0.25) is 0 Å². The number of nitrogens with one attached hydrogen (secondary N) is 1. The number of likely N-dealkylation sites (tertiary alicyclic amines) is 1. The molecule has 0 radical (unpaired) electrons. The first-order valence-electron chi connectivity index (χ1n) is 7.61. The van der Waals surface area contributed by atoms with Crippen LogP contribution in [0.5, 0.6) is 0 Å². The third-order valence-electron chi connectivity index (χ3n) is 4.17. The molecule has 1 aliphatic heterocycles. The highest BCUT2D eigenvalue weighted by molar-refractivity contribution is 6.00. The van der Waals surface area contributed by atoms with Crippen molar-refractivity contribution in [3.05, 3.63) is 41.6 Å². The van der Waals surface area contributed by atoms with E-state index in [0.29, 0.717) is 12.2 Å². The number of benzene rings is 1. The van der Waals surface area contributed by atoms with Crippen molar-refractivity contribution in [2.45, 2.75) is 25.8 Å². The van der Waals surface area contributed by atoms with Gasteiger partial charge in [-0.1, -0.05) is 23.8 Å². The van der Waals surface area contributed by atoms with Gasteiger partial charge in [0.2, 0.25) is 0 Å². The highest BCUT2D eigenvalue weighted by Gasteiger charge is 2.31. The van der Waals surface area contributed by atoms with Crippen molar-refractivity contribution < 1.29 is 9.53 Å². The maximum absolute atomic E-state index is 12.9. The number of aromatic nitrogens is 2. The molecule has 1 fully saturated rings. The van der Waals surface area contributed by atoms with Gasteiger partial charge in [0, 0.05) is 19.2 Å². The van der Waals surface area contributed by atoms with Gasteiger partial charge in [-0.2, -0.15) is 5.10 Å². The second-order valence-electron chi connectivity index (χ2n) is 5.78. The third kappa shape index (κ3) is 2.76. The molecule has 5 heteroatoms. The lowest BCUT2D eigenvalue weighted by Gasteiger charge is -2.24. The Balaban J connectivity index is 1.90. The number of rotatable bonds is 4. The van der Waals surface area contributed by atoms with Crippen LogP contribution in [0, 0.1) is 6.92 Å². The van der Waals surface area contributed by atoms with Crippen LogP contribution in [-0.4, -0.2) is 47.3 Å². The Hall–Kier alpha value is -2.14. The molecule has 3 rings (SSSR count). The minimum absolute atomic E-state index is 0.0322. The molecule has 0 spiro atoms. The largest absolute Gasteiger partial charge is 0.383 e. The lowest BCUT2D eigenvalue weighted by molar-refractivity contribution is 0.0631. The molecular weight excluding hydrogens is 278 g/mol. The number of nitrogens with zero attached hydrogens (tertiary/aromatic N) is 2. The van der Waals surface area contributed by atoms with Gasteiger partial charge in [-0.25, -0.2) is 0 Å². The van der Waals surface area contributed by atoms with E-state index in [0.717, 1.165) is 36.2 Å². The lowest BCUT2D eigenvalue weighted by Crippen LogP contribution is -2.38. The molecule has 1 N–H and O–H groups in total. The van der Waals surface area contributed by atoms with E-state index in [2.05, 4.69) is 16.3 Å². The van der Waals surface area contributed by atoms with E-state index in [1.807, 2.05) is 30.0 Å². The van der Waals surface area contributed by atoms with E-state index in [9.17, 15) is 4.79 Å². The Morgan fingerprint density at radius 3 is 3.14 bits per heavy atom. The van der Waals surface area contributed by atoms with Crippen molar-refractivity contribution in [3.63, 3.8) is 0 Å². The number of hydrogen-bond acceptors (Lipinski definition) is 3. The predicted octanol–water partition coefficient (Wildman–Crippen LogP) is 2.64. The molecular formula is C17H21N3O2. The van der Waals surface area contributed by atoms with Crippen molar-refractivity contribution in [3.8, 4) is 11.3 Å². The van der Waals surface area contributed by atoms with Gasteiger partial charge in [0.25, 0.3) is 5.91 Å². The van der Waals surface area contributed by atoms with Crippen LogP contribution in [0.4, 0.5) is 0 Å². The molecule has 2 aromatic rings. The number of carbonyl (C=O) groups excluding carboxylic acids is 1. The fourth-order valence-electron chi connectivity index (χ4n) is 3.09. The Morgan fingerprint density at radius 1 is 1.50 bits per heavy atom. The lowest BCUT2D eigenvalue weighted by atomic mass is 10.0. The molecule has 5 nitrogen and oxygen atoms in total. The molecule has 0 unspecified atom stereocenters. The number of hydrogen-bond donors (Lipinski definition) is 1. The number of H-pyrrole nitrogens is 1. The normalized spacial score (nSPS) is 17.9. The molecule has 1 atom stereocenters. The van der Waals surface area contributed by atoms with Crippen LogP contribution in [0.3, 0.4) is 0 Å². The molecule has 1 amide bonds. The second-order valence-corrected chi connectivity index (χ2v) is 5.78. The third-order valence-corrected chi connectivity index (χ3v) is 4.17. The summed E-state index contributed by atoms with van der Waals surface area (Å²) in [6.07, 6.45) is 3.65. The maximum Gasteiger partial charge on any atom is 0.258 e. The van der Waals surface area contributed by atoms with Crippen LogP contribution in [-0.2, 0) is 4.74 Å². The van der Waals surface area contributed by atoms with Gasteiger partial charge >= 0.3 is 0 Å². The van der Waals surface area contributed by atoms with Crippen LogP contribution < -0.4 is 0 Å². The van der Waals surface area contributed by atoms with Gasteiger partial charge in [-0.15, -0.1) is 0 Å². The summed E-state index contributed by atoms with van der Waals surface area (Å²) in [6, 6.07) is 8.24. The number of aryl methyl sites for hydroxylation is 1. The monoisotopic (exact) mass is 299 g/mol. The summed E-state index contributed by atoms with van der Waals surface area (Å²) in [5, 5.41) is 7.06. The Morgan fingerprint density at radius 2 is 2.36 bits per heavy atom. The van der Waals surface area contributed by atoms with Crippen molar-refractivity contribution in [1.82, 2.24) is 15.1 Å². The Kier molecular flexibility index (Phi) is 4.24. The van der Waals surface area contributed by atoms with Crippen LogP contribution in [0.15, 0.2) is 30.5 Å². The zero-order valence-electron chi connectivity index (χ0n) is 13.0. The fourth-order valence-corrected chi connectivity index (χ4v) is 3.09. The Bertz CT molecular complexity index is 665. The number of ether oxygens (including phenoxy) is 1. The first-order chi connectivity index (χ1) is 10.7. The molecule has 1 aromatic carbocycles. The summed E-state index contributed by atoms with van der Waals surface area (Å²) < 4.78 is 5.24. The van der Waals surface area contributed by atoms with E-state index in [-0.39, 0.29) is 11.9 Å². The topological polar surface area (TPSA) is 58.2 Å². The number of carbonyl (C=O) groups is 1. The summed E-state index contributed by atoms with van der Waals surface area (Å²) in [5.41, 5.74) is 3.57. The van der Waals surface area contributed by atoms with Crippen molar-refractivity contribution in [2.75, 3.05) is 20.3 Å². The van der Waals surface area contributed by atoms with Gasteiger partial charge in [0.1, 0.15) is 0 Å². The highest BCUT2D eigenvalue weighted by Crippen LogP contribution is 2.26. The summed E-state index contributed by atoms with van der Waals surface area (Å²) >= 11 is 0. The van der Waals surface area contributed by atoms with Crippen molar-refractivity contribution in [2.24, 2.45) is 0 Å². The first-order valence-corrected chi connectivity index (χ1v) is 7.61. The molecule has 0 saturated carbocycles. The SMILES string of the molecule is COC[C@H]1CCCN1C(=O)c1cn[nH]c1-c1cccc(C)c1. The number of amides is 1. The Labute approximate surface area is 130 Å². The number of aromatic amines is 1. The molecule has 0 aliphatic carbocycles. The van der Waals surface area contributed by atoms with Crippen molar-refractivity contribution in [1.29, 1.82) is 0 Å². The predicted molar refractivity (Wildman–Crippen MR) is 84.7 cm³/mol. The summed E-state index contributed by atoms with van der Waals surface area (Å²) in [7, 11) is 1.68. The van der Waals surface area contributed by atoms with E-state index in [4.69, 9.17) is 4.74 Å². The van der Waals surface area contributed by atoms with Gasteiger partial charge in [0.15, 0.2) is 0 Å². The van der Waals surface area contributed by atoms with E-state index >= 15 is 0 Å². The zero-order valence-corrected chi connectivity index (χ0v) is 13.0. The van der Waals surface area contributed by atoms with Gasteiger partial charge in [-0.3, -0.25) is 9.89 Å². The quantitative estimate of drug-likeness (QED) is 0.944. The fraction of sp³-hybridized carbons (Fsp3) is 0.412. The van der Waals surface area contributed by atoms with E-state index < -0.39 is 0 Å². The van der Waals surface area contributed by atoms with Crippen LogP contribution >= 0.6 is 0 Å². The summed E-state index contributed by atoms with van der Waals surface area (Å²) in [6.45, 7) is 3.41. The van der Waals surface area contributed by atoms with E-state index in [1.54, 1.807) is 13.3 Å². The molecule has 1 aliphatic rings. The average molecular weight is 299 g/mol. The first kappa shape index (κ1) is 14.8. The van der Waals surface area contributed by atoms with Crippen molar-refractivity contribution >= 4 is 5.91 Å². The van der Waals surface area contributed by atoms with Crippen LogP contribution in [0.25, 0.3) is 11.3 Å². The molecule has 2 heterocycles. The smallest absolute Gasteiger partial charge is 0.258 e. The minimum atomic E-state index is 0.0322. The van der Waals surface area contributed by atoms with Gasteiger partial charge < -0.3 is 9.64 Å². The van der Waals surface area contributed by atoms with E-state index in [1.165, 1.54) is 0 Å². The molecule has 22 heavy (non-hydrogen) atoms. The molecule has 0 bridgehead atoms. The van der Waals surface area contributed by atoms with Crippen LogP contribution in [0.1, 0.15) is 28.8 Å². The molecule has 116 valence electrons. The van der Waals surface area contributed by atoms with Gasteiger partial charge in [-0.05, 0) is 25.8 Å². The minimum Gasteiger partial charge on any atom is -0.383 e. The highest BCUT2D eigenvalue weighted by atomic mass is 16.5. The maximum atomic E-state index is 12.9. The molecule has 1 aromatic heterocycles. The standard InChI is InChI=1S/C17H21N3O2/c1-12-5-3-6-13(9-12)16-15(10-18-19-16)17(21)20-8-4-7-14(20)11-22-2/h3,5-6,9-10,14H,4,7-8,11H2,1-2H3,(H,18,19)/t14-/m1/s1. The van der Waals surface area contributed by atoms with Gasteiger partial charge in [0.05, 0.1) is 30.1 Å². The molecule has 1 saturated heterocycles.